The molecular formula is C19H17ClF3N5O. The van der Waals surface area contributed by atoms with E-state index in [1.54, 1.807) is 12.3 Å². The van der Waals surface area contributed by atoms with Gasteiger partial charge >= 0.3 is 12.2 Å². The number of halogens is 4. The molecule has 1 fully saturated rings. The molecule has 1 aromatic carbocycles. The van der Waals surface area contributed by atoms with Crippen LogP contribution in [0.1, 0.15) is 24.0 Å². The zero-order valence-corrected chi connectivity index (χ0v) is 16.1. The second kappa shape index (κ2) is 7.31. The SMILES string of the molecule is Cc1ccc(-c2cn(-c3nc(OC4CC(N)C4)ncc3Cl)cn2)cc1C(F)(F)F. The van der Waals surface area contributed by atoms with E-state index < -0.39 is 11.7 Å². The molecule has 1 aliphatic carbocycles. The molecule has 29 heavy (non-hydrogen) atoms. The van der Waals surface area contributed by atoms with Gasteiger partial charge in [0.2, 0.25) is 0 Å². The van der Waals surface area contributed by atoms with Gasteiger partial charge in [-0.05, 0) is 31.4 Å². The van der Waals surface area contributed by atoms with Crippen LogP contribution in [0.5, 0.6) is 6.01 Å². The van der Waals surface area contributed by atoms with Gasteiger partial charge in [0.15, 0.2) is 5.82 Å². The van der Waals surface area contributed by atoms with E-state index >= 15 is 0 Å². The topological polar surface area (TPSA) is 78.9 Å². The lowest BCUT2D eigenvalue weighted by atomic mass is 9.90. The van der Waals surface area contributed by atoms with E-state index in [0.29, 0.717) is 17.1 Å². The Labute approximate surface area is 169 Å². The fourth-order valence-electron chi connectivity index (χ4n) is 3.11. The van der Waals surface area contributed by atoms with E-state index in [4.69, 9.17) is 22.1 Å². The van der Waals surface area contributed by atoms with Gasteiger partial charge in [0, 0.05) is 17.8 Å². The Morgan fingerprint density at radius 2 is 2.00 bits per heavy atom. The van der Waals surface area contributed by atoms with Crippen LogP contribution in [-0.4, -0.2) is 31.7 Å². The summed E-state index contributed by atoms with van der Waals surface area (Å²) in [4.78, 5) is 12.6. The highest BCUT2D eigenvalue weighted by atomic mass is 35.5. The molecule has 3 aromatic rings. The quantitative estimate of drug-likeness (QED) is 0.681. The smallest absolute Gasteiger partial charge is 0.416 e. The van der Waals surface area contributed by atoms with E-state index in [-0.39, 0.29) is 28.7 Å². The number of nitrogens with zero attached hydrogens (tertiary/aromatic N) is 4. The highest BCUT2D eigenvalue weighted by Crippen LogP contribution is 2.34. The number of rotatable bonds is 4. The predicted molar refractivity (Wildman–Crippen MR) is 101 cm³/mol. The molecule has 1 aliphatic rings. The van der Waals surface area contributed by atoms with Crippen LogP contribution in [0.3, 0.4) is 0 Å². The summed E-state index contributed by atoms with van der Waals surface area (Å²) in [7, 11) is 0. The van der Waals surface area contributed by atoms with Gasteiger partial charge in [-0.25, -0.2) is 9.97 Å². The molecule has 152 valence electrons. The number of hydrogen-bond donors (Lipinski definition) is 1. The van der Waals surface area contributed by atoms with E-state index in [1.807, 2.05) is 0 Å². The van der Waals surface area contributed by atoms with Crippen molar-refractivity contribution in [3.63, 3.8) is 0 Å². The average Bonchev–Trinajstić information content (AvgIpc) is 3.11. The van der Waals surface area contributed by atoms with Crippen LogP contribution in [0.4, 0.5) is 13.2 Å². The van der Waals surface area contributed by atoms with Gasteiger partial charge in [-0.1, -0.05) is 23.7 Å². The van der Waals surface area contributed by atoms with Crippen molar-refractivity contribution >= 4 is 11.6 Å². The molecule has 0 radical (unpaired) electrons. The summed E-state index contributed by atoms with van der Waals surface area (Å²) in [5.74, 6) is 0.321. The molecule has 2 aromatic heterocycles. The van der Waals surface area contributed by atoms with Crippen molar-refractivity contribution in [3.05, 3.63) is 53.1 Å². The van der Waals surface area contributed by atoms with Gasteiger partial charge in [0.1, 0.15) is 17.5 Å². The van der Waals surface area contributed by atoms with Gasteiger partial charge < -0.3 is 10.5 Å². The predicted octanol–water partition coefficient (Wildman–Crippen LogP) is 4.18. The molecule has 0 bridgehead atoms. The summed E-state index contributed by atoms with van der Waals surface area (Å²) in [5.41, 5.74) is 5.90. The van der Waals surface area contributed by atoms with Crippen molar-refractivity contribution < 1.29 is 17.9 Å². The average molecular weight is 424 g/mol. The monoisotopic (exact) mass is 423 g/mol. The number of hydrogen-bond acceptors (Lipinski definition) is 5. The van der Waals surface area contributed by atoms with Crippen LogP contribution < -0.4 is 10.5 Å². The second-order valence-electron chi connectivity index (χ2n) is 6.99. The van der Waals surface area contributed by atoms with Crippen LogP contribution in [0.25, 0.3) is 17.1 Å². The maximum absolute atomic E-state index is 13.2. The highest BCUT2D eigenvalue weighted by molar-refractivity contribution is 6.32. The van der Waals surface area contributed by atoms with Gasteiger partial charge in [-0.3, -0.25) is 4.57 Å². The van der Waals surface area contributed by atoms with Gasteiger partial charge in [0.05, 0.1) is 17.5 Å². The molecular weight excluding hydrogens is 407 g/mol. The van der Waals surface area contributed by atoms with Crippen LogP contribution in [0.2, 0.25) is 5.02 Å². The van der Waals surface area contributed by atoms with Crippen molar-refractivity contribution in [1.82, 2.24) is 19.5 Å². The Bertz CT molecular complexity index is 1050. The van der Waals surface area contributed by atoms with Gasteiger partial charge in [0.25, 0.3) is 0 Å². The summed E-state index contributed by atoms with van der Waals surface area (Å²) in [6.07, 6.45) is 1.38. The minimum Gasteiger partial charge on any atom is -0.460 e. The number of alkyl halides is 3. The molecule has 10 heteroatoms. The van der Waals surface area contributed by atoms with Crippen molar-refractivity contribution in [2.45, 2.75) is 38.1 Å². The maximum Gasteiger partial charge on any atom is 0.416 e. The van der Waals surface area contributed by atoms with Gasteiger partial charge in [-0.15, -0.1) is 0 Å². The second-order valence-corrected chi connectivity index (χ2v) is 7.40. The highest BCUT2D eigenvalue weighted by Gasteiger charge is 2.32. The molecule has 4 rings (SSSR count). The van der Waals surface area contributed by atoms with Crippen molar-refractivity contribution in [1.29, 1.82) is 0 Å². The van der Waals surface area contributed by atoms with Crippen LogP contribution in [0, 0.1) is 6.92 Å². The molecule has 0 aliphatic heterocycles. The molecule has 2 N–H and O–H groups in total. The first-order chi connectivity index (χ1) is 13.7. The lowest BCUT2D eigenvalue weighted by Gasteiger charge is -2.31. The zero-order chi connectivity index (χ0) is 20.8. The molecule has 0 atom stereocenters. The lowest BCUT2D eigenvalue weighted by Crippen LogP contribution is -2.43. The number of benzene rings is 1. The Balaban J connectivity index is 1.63. The van der Waals surface area contributed by atoms with Crippen molar-refractivity contribution in [3.8, 4) is 23.1 Å². The minimum atomic E-state index is -4.44. The van der Waals surface area contributed by atoms with E-state index in [0.717, 1.165) is 18.9 Å². The molecule has 2 heterocycles. The normalized spacial score (nSPS) is 19.1. The molecule has 0 unspecified atom stereocenters. The molecule has 0 saturated heterocycles. The molecule has 6 nitrogen and oxygen atoms in total. The Hall–Kier alpha value is -2.65. The summed E-state index contributed by atoms with van der Waals surface area (Å²) in [5, 5.41) is 0.256. The number of aromatic nitrogens is 4. The molecule has 1 saturated carbocycles. The standard InChI is InChI=1S/C19H17ClF3N5O/c1-10-2-3-11(4-14(10)19(21,22)23)16-8-28(9-26-16)17-15(20)7-25-18(27-17)29-13-5-12(24)6-13/h2-4,7-9,12-13H,5-6,24H2,1H3. The minimum absolute atomic E-state index is 0.0364. The van der Waals surface area contributed by atoms with Gasteiger partial charge in [-0.2, -0.15) is 18.2 Å². The fraction of sp³-hybridized carbons (Fsp3) is 0.316. The Kier molecular flexibility index (Phi) is 4.95. The molecule has 0 amide bonds. The summed E-state index contributed by atoms with van der Waals surface area (Å²) in [6, 6.07) is 4.38. The van der Waals surface area contributed by atoms with E-state index in [2.05, 4.69) is 15.0 Å². The Morgan fingerprint density at radius 1 is 1.24 bits per heavy atom. The first-order valence-corrected chi connectivity index (χ1v) is 9.26. The third kappa shape index (κ3) is 4.06. The number of aryl methyl sites for hydroxylation is 1. The summed E-state index contributed by atoms with van der Waals surface area (Å²) < 4.78 is 46.8. The first kappa shape index (κ1) is 19.7. The van der Waals surface area contributed by atoms with E-state index in [9.17, 15) is 13.2 Å². The summed E-state index contributed by atoms with van der Waals surface area (Å²) in [6.45, 7) is 1.42. The summed E-state index contributed by atoms with van der Waals surface area (Å²) >= 11 is 6.20. The number of ether oxygens (including phenoxy) is 1. The molecule has 0 spiro atoms. The maximum atomic E-state index is 13.2. The van der Waals surface area contributed by atoms with Crippen LogP contribution in [0.15, 0.2) is 36.9 Å². The first-order valence-electron chi connectivity index (χ1n) is 8.88. The largest absolute Gasteiger partial charge is 0.460 e. The third-order valence-corrected chi connectivity index (χ3v) is 5.04. The van der Waals surface area contributed by atoms with E-state index in [1.165, 1.54) is 30.1 Å². The fourth-order valence-corrected chi connectivity index (χ4v) is 3.30. The lowest BCUT2D eigenvalue weighted by molar-refractivity contribution is -0.138. The number of nitrogens with two attached hydrogens (primary N) is 1. The third-order valence-electron chi connectivity index (χ3n) is 4.77. The number of imidazole rings is 1. The Morgan fingerprint density at radius 3 is 2.69 bits per heavy atom. The van der Waals surface area contributed by atoms with Crippen molar-refractivity contribution in [2.75, 3.05) is 0 Å². The zero-order valence-electron chi connectivity index (χ0n) is 15.3. The van der Waals surface area contributed by atoms with Crippen LogP contribution in [-0.2, 0) is 6.18 Å². The van der Waals surface area contributed by atoms with Crippen LogP contribution >= 0.6 is 11.6 Å². The van der Waals surface area contributed by atoms with Crippen molar-refractivity contribution in [2.24, 2.45) is 5.73 Å².